The van der Waals surface area contributed by atoms with Gasteiger partial charge in [0.15, 0.2) is 11.5 Å². The van der Waals surface area contributed by atoms with Crippen molar-refractivity contribution in [3.8, 4) is 22.6 Å². The molecule has 32 heavy (non-hydrogen) atoms. The molecule has 1 aliphatic heterocycles. The number of halogens is 2. The molecule has 0 atom stereocenters. The maximum Gasteiger partial charge on any atom is 0.234 e. The van der Waals surface area contributed by atoms with Gasteiger partial charge >= 0.3 is 0 Å². The number of benzene rings is 2. The molecule has 2 aromatic heterocycles. The van der Waals surface area contributed by atoms with Crippen LogP contribution in [0.5, 0.6) is 11.5 Å². The summed E-state index contributed by atoms with van der Waals surface area (Å²) < 4.78 is 24.4. The third-order valence-corrected chi connectivity index (χ3v) is 6.93. The van der Waals surface area contributed by atoms with Crippen molar-refractivity contribution in [1.82, 2.24) is 9.97 Å². The van der Waals surface area contributed by atoms with E-state index in [0.29, 0.717) is 40.4 Å². The number of carbonyl (C=O) groups is 1. The number of aromatic nitrogens is 2. The Kier molecular flexibility index (Phi) is 5.86. The minimum Gasteiger partial charge on any atom is -0.486 e. The molecule has 0 aliphatic carbocycles. The lowest BCUT2D eigenvalue weighted by Gasteiger charge is -2.20. The van der Waals surface area contributed by atoms with E-state index < -0.39 is 0 Å². The molecule has 1 amide bonds. The van der Waals surface area contributed by atoms with E-state index in [-0.39, 0.29) is 17.5 Å². The lowest BCUT2D eigenvalue weighted by atomic mass is 10.1. The van der Waals surface area contributed by atoms with Crippen molar-refractivity contribution in [3.05, 3.63) is 58.9 Å². The highest BCUT2D eigenvalue weighted by atomic mass is 35.5. The van der Waals surface area contributed by atoms with Crippen molar-refractivity contribution in [1.29, 1.82) is 0 Å². The monoisotopic (exact) mass is 487 g/mol. The summed E-state index contributed by atoms with van der Waals surface area (Å²) in [4.78, 5) is 22.1. The SMILES string of the molecule is O=C(CSc1ncnc2scc(-c3ccc(F)cc3)c12)Nc1cc2c(cc1Cl)OCCO2. The Bertz CT molecular complexity index is 1310. The van der Waals surface area contributed by atoms with Crippen LogP contribution < -0.4 is 14.8 Å². The summed E-state index contributed by atoms with van der Waals surface area (Å²) in [5, 5.41) is 6.67. The third-order valence-electron chi connectivity index (χ3n) is 4.74. The molecule has 0 saturated carbocycles. The van der Waals surface area contributed by atoms with Gasteiger partial charge in [-0.25, -0.2) is 14.4 Å². The van der Waals surface area contributed by atoms with Gasteiger partial charge in [-0.3, -0.25) is 4.79 Å². The predicted molar refractivity (Wildman–Crippen MR) is 125 cm³/mol. The first kappa shape index (κ1) is 21.0. The maximum atomic E-state index is 13.3. The molecule has 0 saturated heterocycles. The first-order valence-electron chi connectivity index (χ1n) is 9.58. The van der Waals surface area contributed by atoms with Gasteiger partial charge in [0.25, 0.3) is 0 Å². The zero-order valence-corrected chi connectivity index (χ0v) is 18.8. The van der Waals surface area contributed by atoms with Crippen LogP contribution >= 0.6 is 34.7 Å². The number of rotatable bonds is 5. The second kappa shape index (κ2) is 8.93. The van der Waals surface area contributed by atoms with Crippen LogP contribution in [0.15, 0.2) is 53.1 Å². The van der Waals surface area contributed by atoms with Crippen LogP contribution in [-0.4, -0.2) is 34.8 Å². The fourth-order valence-electron chi connectivity index (χ4n) is 3.28. The van der Waals surface area contributed by atoms with Gasteiger partial charge in [0, 0.05) is 23.1 Å². The third kappa shape index (κ3) is 4.23. The van der Waals surface area contributed by atoms with Gasteiger partial charge in [0.2, 0.25) is 5.91 Å². The first-order valence-corrected chi connectivity index (χ1v) is 11.8. The Labute approximate surface area is 195 Å². The van der Waals surface area contributed by atoms with Crippen LogP contribution in [0.2, 0.25) is 5.02 Å². The quantitative estimate of drug-likeness (QED) is 0.289. The Morgan fingerprint density at radius 1 is 1.16 bits per heavy atom. The Hall–Kier alpha value is -2.88. The molecule has 3 heterocycles. The Balaban J connectivity index is 1.35. The number of ether oxygens (including phenoxy) is 2. The summed E-state index contributed by atoms with van der Waals surface area (Å²) in [5.74, 6) is 0.689. The molecule has 1 N–H and O–H groups in total. The molecule has 0 fully saturated rings. The van der Waals surface area contributed by atoms with Crippen LogP contribution in [0.3, 0.4) is 0 Å². The lowest BCUT2D eigenvalue weighted by molar-refractivity contribution is -0.113. The van der Waals surface area contributed by atoms with Crippen LogP contribution in [-0.2, 0) is 4.79 Å². The number of nitrogens with zero attached hydrogens (tertiary/aromatic N) is 2. The second-order valence-electron chi connectivity index (χ2n) is 6.83. The molecular formula is C22H15ClFN3O3S2. The normalized spacial score (nSPS) is 12.7. The van der Waals surface area contributed by atoms with Crippen molar-refractivity contribution in [2.75, 3.05) is 24.3 Å². The molecule has 1 aliphatic rings. The average molecular weight is 488 g/mol. The van der Waals surface area contributed by atoms with E-state index in [9.17, 15) is 9.18 Å². The zero-order chi connectivity index (χ0) is 22.1. The van der Waals surface area contributed by atoms with Gasteiger partial charge in [-0.05, 0) is 17.7 Å². The molecule has 0 spiro atoms. The summed E-state index contributed by atoms with van der Waals surface area (Å²) in [6.45, 7) is 0.903. The fourth-order valence-corrected chi connectivity index (χ4v) is 5.27. The largest absolute Gasteiger partial charge is 0.486 e. The number of nitrogens with one attached hydrogen (secondary N) is 1. The zero-order valence-electron chi connectivity index (χ0n) is 16.4. The number of thiophene rings is 1. The highest BCUT2D eigenvalue weighted by molar-refractivity contribution is 8.00. The molecule has 0 unspecified atom stereocenters. The number of fused-ring (bicyclic) bond motifs is 2. The van der Waals surface area contributed by atoms with Crippen molar-refractivity contribution in [2.45, 2.75) is 5.03 Å². The first-order chi connectivity index (χ1) is 15.6. The summed E-state index contributed by atoms with van der Waals surface area (Å²) >= 11 is 9.06. The Morgan fingerprint density at radius 2 is 1.91 bits per heavy atom. The minimum atomic E-state index is -0.298. The minimum absolute atomic E-state index is 0.121. The van der Waals surface area contributed by atoms with E-state index in [1.54, 1.807) is 24.3 Å². The van der Waals surface area contributed by atoms with E-state index in [1.807, 2.05) is 5.38 Å². The fraction of sp³-hybridized carbons (Fsp3) is 0.136. The topological polar surface area (TPSA) is 73.3 Å². The van der Waals surface area contributed by atoms with Crippen molar-refractivity contribution in [3.63, 3.8) is 0 Å². The number of hydrogen-bond donors (Lipinski definition) is 1. The van der Waals surface area contributed by atoms with E-state index in [0.717, 1.165) is 21.3 Å². The summed E-state index contributed by atoms with van der Waals surface area (Å²) in [5.41, 5.74) is 2.22. The predicted octanol–water partition coefficient (Wildman–Crippen LogP) is 5.65. The lowest BCUT2D eigenvalue weighted by Crippen LogP contribution is -2.17. The van der Waals surface area contributed by atoms with Crippen LogP contribution in [0.25, 0.3) is 21.3 Å². The Morgan fingerprint density at radius 3 is 2.69 bits per heavy atom. The molecule has 0 bridgehead atoms. The van der Waals surface area contributed by atoms with E-state index in [1.165, 1.54) is 41.6 Å². The smallest absolute Gasteiger partial charge is 0.234 e. The van der Waals surface area contributed by atoms with Crippen molar-refractivity contribution < 1.29 is 18.7 Å². The number of carbonyl (C=O) groups excluding carboxylic acids is 1. The molecule has 10 heteroatoms. The second-order valence-corrected chi connectivity index (χ2v) is 9.06. The number of hydrogen-bond acceptors (Lipinski definition) is 7. The van der Waals surface area contributed by atoms with E-state index in [4.69, 9.17) is 21.1 Å². The van der Waals surface area contributed by atoms with Crippen LogP contribution in [0, 0.1) is 5.82 Å². The number of amides is 1. The standard InChI is InChI=1S/C22H15ClFN3O3S2/c23-15-7-17-18(30-6-5-29-17)8-16(15)27-19(28)10-32-22-20-14(9-31-21(20)25-11-26-22)12-1-3-13(24)4-2-12/h1-4,7-9,11H,5-6,10H2,(H,27,28). The molecule has 6 nitrogen and oxygen atoms in total. The number of anilines is 1. The molecule has 0 radical (unpaired) electrons. The highest BCUT2D eigenvalue weighted by Crippen LogP contribution is 2.39. The van der Waals surface area contributed by atoms with Crippen molar-refractivity contribution >= 4 is 56.5 Å². The van der Waals surface area contributed by atoms with Crippen molar-refractivity contribution in [2.24, 2.45) is 0 Å². The summed E-state index contributed by atoms with van der Waals surface area (Å²) in [7, 11) is 0. The van der Waals surface area contributed by atoms with Crippen LogP contribution in [0.1, 0.15) is 0 Å². The van der Waals surface area contributed by atoms with Gasteiger partial charge < -0.3 is 14.8 Å². The molecule has 162 valence electrons. The highest BCUT2D eigenvalue weighted by Gasteiger charge is 2.18. The van der Waals surface area contributed by atoms with Crippen LogP contribution in [0.4, 0.5) is 10.1 Å². The molecule has 2 aromatic carbocycles. The van der Waals surface area contributed by atoms with Gasteiger partial charge in [0.05, 0.1) is 21.8 Å². The maximum absolute atomic E-state index is 13.3. The van der Waals surface area contributed by atoms with Gasteiger partial charge in [-0.2, -0.15) is 0 Å². The van der Waals surface area contributed by atoms with Gasteiger partial charge in [-0.1, -0.05) is 35.5 Å². The summed E-state index contributed by atoms with van der Waals surface area (Å²) in [6.07, 6.45) is 1.48. The van der Waals surface area contributed by atoms with Gasteiger partial charge in [-0.15, -0.1) is 11.3 Å². The average Bonchev–Trinajstić information content (AvgIpc) is 3.23. The molecular weight excluding hydrogens is 473 g/mol. The molecule has 4 aromatic rings. The van der Waals surface area contributed by atoms with E-state index >= 15 is 0 Å². The molecule has 5 rings (SSSR count). The van der Waals surface area contributed by atoms with E-state index in [2.05, 4.69) is 15.3 Å². The van der Waals surface area contributed by atoms with Gasteiger partial charge in [0.1, 0.15) is 35.2 Å². The number of thioether (sulfide) groups is 1. The summed E-state index contributed by atoms with van der Waals surface area (Å²) in [6, 6.07) is 9.56.